The molecule has 5 rings (SSSR count). The first-order valence-corrected chi connectivity index (χ1v) is 11.7. The highest BCUT2D eigenvalue weighted by Gasteiger charge is 2.31. The Kier molecular flexibility index (Phi) is 5.85. The minimum absolute atomic E-state index is 0.0773. The van der Waals surface area contributed by atoms with E-state index in [9.17, 15) is 19.1 Å². The molecule has 1 aliphatic carbocycles. The summed E-state index contributed by atoms with van der Waals surface area (Å²) in [5.74, 6) is -0.553. The molecule has 9 heteroatoms. The molecule has 1 saturated heterocycles. The summed E-state index contributed by atoms with van der Waals surface area (Å²) < 4.78 is 14.3. The van der Waals surface area contributed by atoms with Crippen LogP contribution in [-0.4, -0.2) is 62.6 Å². The number of fused-ring (bicyclic) bond motifs is 2. The molecule has 0 radical (unpaired) electrons. The van der Waals surface area contributed by atoms with E-state index < -0.39 is 6.09 Å². The van der Waals surface area contributed by atoms with Crippen molar-refractivity contribution in [3.63, 3.8) is 0 Å². The number of halogens is 2. The molecule has 2 aliphatic rings. The molecule has 2 aromatic heterocycles. The van der Waals surface area contributed by atoms with Crippen molar-refractivity contribution >= 4 is 34.5 Å². The van der Waals surface area contributed by atoms with Crippen LogP contribution in [0.5, 0.6) is 0 Å². The lowest BCUT2D eigenvalue weighted by Gasteiger charge is -2.38. The summed E-state index contributed by atoms with van der Waals surface area (Å²) in [6.07, 6.45) is 2.59. The molecule has 1 N–H and O–H groups in total. The molecule has 7 nitrogen and oxygen atoms in total. The van der Waals surface area contributed by atoms with Gasteiger partial charge in [-0.3, -0.25) is 14.8 Å². The van der Waals surface area contributed by atoms with Gasteiger partial charge in [-0.15, -0.1) is 0 Å². The normalized spacial score (nSPS) is 20.3. The molecule has 3 heterocycles. The Morgan fingerprint density at radius 2 is 2.06 bits per heavy atom. The van der Waals surface area contributed by atoms with Crippen molar-refractivity contribution in [2.45, 2.75) is 38.1 Å². The van der Waals surface area contributed by atoms with E-state index in [1.165, 1.54) is 11.0 Å². The molecule has 3 aromatic rings. The van der Waals surface area contributed by atoms with Gasteiger partial charge >= 0.3 is 6.09 Å². The summed E-state index contributed by atoms with van der Waals surface area (Å²) in [4.78, 5) is 36.6. The third-order valence-corrected chi connectivity index (χ3v) is 7.30. The number of nitrogens with zero attached hydrogens (tertiary/aromatic N) is 4. The number of benzene rings is 1. The Hall–Kier alpha value is -3.26. The van der Waals surface area contributed by atoms with Crippen LogP contribution in [0, 0.1) is 5.82 Å². The van der Waals surface area contributed by atoms with Crippen molar-refractivity contribution in [3.05, 3.63) is 69.9 Å². The molecule has 2 atom stereocenters. The van der Waals surface area contributed by atoms with E-state index in [0.29, 0.717) is 47.7 Å². The van der Waals surface area contributed by atoms with Crippen molar-refractivity contribution in [2.24, 2.45) is 0 Å². The van der Waals surface area contributed by atoms with E-state index in [0.717, 1.165) is 23.1 Å². The van der Waals surface area contributed by atoms with Crippen molar-refractivity contribution < 1.29 is 19.1 Å². The molecular formula is C25H24ClFN4O3. The van der Waals surface area contributed by atoms with Gasteiger partial charge in [-0.05, 0) is 56.0 Å². The molecule has 34 heavy (non-hydrogen) atoms. The topological polar surface area (TPSA) is 86.6 Å². The average Bonchev–Trinajstić information content (AvgIpc) is 2.83. The van der Waals surface area contributed by atoms with Gasteiger partial charge in [0.25, 0.3) is 5.91 Å². The van der Waals surface area contributed by atoms with Crippen molar-refractivity contribution in [1.82, 2.24) is 19.8 Å². The lowest BCUT2D eigenvalue weighted by molar-refractivity contribution is 0.0507. The molecule has 0 spiro atoms. The summed E-state index contributed by atoms with van der Waals surface area (Å²) in [6.45, 7) is 2.74. The minimum atomic E-state index is -0.974. The summed E-state index contributed by atoms with van der Waals surface area (Å²) in [5, 5.41) is 10.7. The monoisotopic (exact) mass is 482 g/mol. The number of aromatic nitrogens is 2. The Morgan fingerprint density at radius 1 is 1.24 bits per heavy atom. The smallest absolute Gasteiger partial charge is 0.407 e. The number of amides is 2. The van der Waals surface area contributed by atoms with Crippen LogP contribution < -0.4 is 0 Å². The second kappa shape index (κ2) is 8.83. The molecule has 1 fully saturated rings. The van der Waals surface area contributed by atoms with Crippen LogP contribution in [0.25, 0.3) is 10.9 Å². The van der Waals surface area contributed by atoms with Crippen LogP contribution in [0.2, 0.25) is 5.02 Å². The maximum atomic E-state index is 14.3. The third kappa shape index (κ3) is 3.96. The number of pyridine rings is 2. The van der Waals surface area contributed by atoms with Crippen LogP contribution in [-0.2, 0) is 12.8 Å². The molecule has 0 saturated carbocycles. The minimum Gasteiger partial charge on any atom is -0.465 e. The van der Waals surface area contributed by atoms with Crippen LogP contribution in [0.15, 0.2) is 36.5 Å². The van der Waals surface area contributed by atoms with E-state index in [2.05, 4.69) is 4.98 Å². The average molecular weight is 483 g/mol. The Balaban J connectivity index is 1.43. The molecule has 0 bridgehead atoms. The molecule has 176 valence electrons. The van der Waals surface area contributed by atoms with Gasteiger partial charge < -0.3 is 14.9 Å². The fourth-order valence-corrected chi connectivity index (χ4v) is 5.43. The highest BCUT2D eigenvalue weighted by molar-refractivity contribution is 6.36. The second-order valence-electron chi connectivity index (χ2n) is 8.97. The lowest BCUT2D eigenvalue weighted by atomic mass is 9.84. The van der Waals surface area contributed by atoms with Gasteiger partial charge in [0, 0.05) is 54.4 Å². The predicted octanol–water partition coefficient (Wildman–Crippen LogP) is 4.52. The van der Waals surface area contributed by atoms with Crippen molar-refractivity contribution in [2.75, 3.05) is 19.6 Å². The predicted molar refractivity (Wildman–Crippen MR) is 126 cm³/mol. The molecule has 1 aliphatic heterocycles. The van der Waals surface area contributed by atoms with Crippen LogP contribution >= 0.6 is 11.6 Å². The van der Waals surface area contributed by atoms with Gasteiger partial charge in [-0.1, -0.05) is 17.7 Å². The first-order chi connectivity index (χ1) is 16.3. The lowest BCUT2D eigenvalue weighted by Crippen LogP contribution is -2.55. The quantitative estimate of drug-likeness (QED) is 0.580. The van der Waals surface area contributed by atoms with E-state index in [1.54, 1.807) is 36.2 Å². The molecule has 1 aromatic carbocycles. The van der Waals surface area contributed by atoms with E-state index >= 15 is 0 Å². The zero-order valence-electron chi connectivity index (χ0n) is 18.7. The third-order valence-electron chi connectivity index (χ3n) is 6.87. The number of carbonyl (C=O) groups excluding carboxylic acids is 1. The Morgan fingerprint density at radius 3 is 2.79 bits per heavy atom. The fraction of sp³-hybridized carbons (Fsp3) is 0.360. The van der Waals surface area contributed by atoms with Crippen LogP contribution in [0.1, 0.15) is 46.6 Å². The maximum Gasteiger partial charge on any atom is 0.407 e. The number of carbonyl (C=O) groups is 2. The van der Waals surface area contributed by atoms with Crippen molar-refractivity contribution in [1.29, 1.82) is 0 Å². The maximum absolute atomic E-state index is 14.3. The summed E-state index contributed by atoms with van der Waals surface area (Å²) in [6, 6.07) is 8.03. The Labute approximate surface area is 201 Å². The summed E-state index contributed by atoms with van der Waals surface area (Å²) in [7, 11) is 0. The first-order valence-electron chi connectivity index (χ1n) is 11.3. The fourth-order valence-electron chi connectivity index (χ4n) is 5.06. The van der Waals surface area contributed by atoms with Gasteiger partial charge in [-0.2, -0.15) is 0 Å². The highest BCUT2D eigenvalue weighted by Crippen LogP contribution is 2.38. The zero-order chi connectivity index (χ0) is 24.0. The van der Waals surface area contributed by atoms with Gasteiger partial charge in [-0.25, -0.2) is 9.18 Å². The van der Waals surface area contributed by atoms with E-state index in [4.69, 9.17) is 16.6 Å². The number of carboxylic acid groups (broad SMARTS) is 1. The first kappa shape index (κ1) is 22.5. The van der Waals surface area contributed by atoms with E-state index in [1.807, 2.05) is 6.07 Å². The SMILES string of the molecule is C[C@H]1CN(C(=O)c2ccc3c(Cl)c4c(nc3c2)CC(c2ncccc2F)CC4)CCN1C(=O)O. The second-order valence-corrected chi connectivity index (χ2v) is 9.35. The van der Waals surface area contributed by atoms with Gasteiger partial charge in [0.1, 0.15) is 5.82 Å². The number of piperazine rings is 1. The van der Waals surface area contributed by atoms with Crippen molar-refractivity contribution in [3.8, 4) is 0 Å². The zero-order valence-corrected chi connectivity index (χ0v) is 19.4. The van der Waals surface area contributed by atoms with Gasteiger partial charge in [0.2, 0.25) is 0 Å². The Bertz CT molecular complexity index is 1300. The van der Waals surface area contributed by atoms with Crippen LogP contribution in [0.3, 0.4) is 0 Å². The molecular weight excluding hydrogens is 459 g/mol. The summed E-state index contributed by atoms with van der Waals surface area (Å²) in [5.41, 5.74) is 3.33. The number of hydrogen-bond donors (Lipinski definition) is 1. The molecule has 1 unspecified atom stereocenters. The number of hydrogen-bond acceptors (Lipinski definition) is 4. The van der Waals surface area contributed by atoms with E-state index in [-0.39, 0.29) is 30.2 Å². The largest absolute Gasteiger partial charge is 0.465 e. The van der Waals surface area contributed by atoms with Gasteiger partial charge in [0.05, 0.1) is 16.2 Å². The van der Waals surface area contributed by atoms with Crippen LogP contribution in [0.4, 0.5) is 9.18 Å². The number of rotatable bonds is 2. The highest BCUT2D eigenvalue weighted by atomic mass is 35.5. The standard InChI is InChI=1S/C25H24ClFN4O3/c1-14-13-30(9-10-31(14)25(33)34)24(32)16-5-7-18-21(12-16)29-20-11-15(4-6-17(20)22(18)26)23-19(27)3-2-8-28-23/h2-3,5,7-8,12,14-15H,4,6,9-11,13H2,1H3,(H,33,34)/t14-,15?/m0/s1. The van der Waals surface area contributed by atoms with Gasteiger partial charge in [0.15, 0.2) is 0 Å². The summed E-state index contributed by atoms with van der Waals surface area (Å²) >= 11 is 6.74. The molecule has 2 amide bonds.